The predicted octanol–water partition coefficient (Wildman–Crippen LogP) is 2.74. The highest BCUT2D eigenvalue weighted by atomic mass is 19.4. The number of carbonyl (C=O) groups excluding carboxylic acids is 1. The Balaban J connectivity index is 2.00. The molecule has 0 bridgehead atoms. The Hall–Kier alpha value is -1.76. The molecule has 1 unspecified atom stereocenters. The number of ether oxygens (including phenoxy) is 1. The highest BCUT2D eigenvalue weighted by molar-refractivity contribution is 5.79. The van der Waals surface area contributed by atoms with Gasteiger partial charge in [0.25, 0.3) is 0 Å². The maximum Gasteiger partial charge on any atom is 0.416 e. The van der Waals surface area contributed by atoms with E-state index in [2.05, 4.69) is 0 Å². The number of hydrogen-bond donors (Lipinski definition) is 0. The van der Waals surface area contributed by atoms with Gasteiger partial charge in [-0.1, -0.05) is 12.6 Å². The van der Waals surface area contributed by atoms with Crippen molar-refractivity contribution in [3.8, 4) is 5.75 Å². The maximum absolute atomic E-state index is 12.6. The van der Waals surface area contributed by atoms with Crippen molar-refractivity contribution < 1.29 is 22.7 Å². The first kappa shape index (κ1) is 14.6. The van der Waals surface area contributed by atoms with Crippen molar-refractivity contribution in [3.63, 3.8) is 0 Å². The summed E-state index contributed by atoms with van der Waals surface area (Å²) in [6.07, 6.45) is -4.17. The molecule has 1 saturated heterocycles. The van der Waals surface area contributed by atoms with Gasteiger partial charge in [-0.15, -0.1) is 0 Å². The Labute approximate surface area is 114 Å². The zero-order valence-electron chi connectivity index (χ0n) is 10.6. The third kappa shape index (κ3) is 3.41. The Morgan fingerprint density at radius 1 is 1.45 bits per heavy atom. The molecule has 1 aliphatic rings. The quantitative estimate of drug-likeness (QED) is 0.858. The van der Waals surface area contributed by atoms with Crippen LogP contribution in [0.2, 0.25) is 0 Å². The molecule has 1 heterocycles. The first-order valence-corrected chi connectivity index (χ1v) is 6.16. The molecule has 0 aliphatic carbocycles. The molecule has 1 aromatic carbocycles. The van der Waals surface area contributed by atoms with Gasteiger partial charge < -0.3 is 15.4 Å². The molecule has 1 amide bonds. The molecule has 0 saturated carbocycles. The lowest BCUT2D eigenvalue weighted by molar-refractivity contribution is -0.137. The second-order valence-electron chi connectivity index (χ2n) is 4.57. The summed E-state index contributed by atoms with van der Waals surface area (Å²) in [6.45, 7) is 0.464. The molecule has 2 rings (SSSR count). The minimum atomic E-state index is -4.40. The van der Waals surface area contributed by atoms with Crippen molar-refractivity contribution in [3.05, 3.63) is 35.6 Å². The third-order valence-corrected chi connectivity index (χ3v) is 3.11. The van der Waals surface area contributed by atoms with Crippen LogP contribution in [0.3, 0.4) is 0 Å². The molecule has 1 N–H and O–H groups in total. The fourth-order valence-corrected chi connectivity index (χ4v) is 2.10. The van der Waals surface area contributed by atoms with Gasteiger partial charge in [-0.2, -0.15) is 13.2 Å². The predicted molar refractivity (Wildman–Crippen MR) is 66.2 cm³/mol. The second kappa shape index (κ2) is 5.70. The van der Waals surface area contributed by atoms with Crippen LogP contribution in [-0.2, 0) is 11.0 Å². The van der Waals surface area contributed by atoms with Gasteiger partial charge in [-0.25, -0.2) is 0 Å². The van der Waals surface area contributed by atoms with Gasteiger partial charge in [-0.3, -0.25) is 4.79 Å². The average Bonchev–Trinajstić information content (AvgIpc) is 2.85. The van der Waals surface area contributed by atoms with Crippen molar-refractivity contribution >= 4 is 5.91 Å². The van der Waals surface area contributed by atoms with Crippen LogP contribution in [0.1, 0.15) is 12.0 Å². The van der Waals surface area contributed by atoms with Crippen LogP contribution in [0, 0.1) is 0 Å². The monoisotopic (exact) mass is 287 g/mol. The van der Waals surface area contributed by atoms with Crippen LogP contribution in [0.5, 0.6) is 5.75 Å². The van der Waals surface area contributed by atoms with Gasteiger partial charge in [-0.05, 0) is 18.2 Å². The van der Waals surface area contributed by atoms with E-state index in [1.54, 1.807) is 0 Å². The Morgan fingerprint density at radius 3 is 2.85 bits per heavy atom. The Bertz CT molecular complexity index is 491. The first-order chi connectivity index (χ1) is 9.40. The van der Waals surface area contributed by atoms with Gasteiger partial charge >= 0.3 is 6.18 Å². The van der Waals surface area contributed by atoms with Gasteiger partial charge in [0.2, 0.25) is 5.91 Å². The molecule has 0 radical (unpaired) electrons. The molecular formula is C13H14F3N2O2-. The lowest BCUT2D eigenvalue weighted by atomic mass is 10.2. The number of benzene rings is 1. The number of alkyl halides is 3. The molecule has 1 fully saturated rings. The van der Waals surface area contributed by atoms with Crippen LogP contribution >= 0.6 is 0 Å². The summed E-state index contributed by atoms with van der Waals surface area (Å²) in [4.78, 5) is 12.8. The molecule has 1 aliphatic heterocycles. The topological polar surface area (TPSA) is 53.3 Å². The third-order valence-electron chi connectivity index (χ3n) is 3.11. The minimum Gasteiger partial charge on any atom is -0.670 e. The number of nitrogens with zero attached hydrogens (tertiary/aromatic N) is 1. The van der Waals surface area contributed by atoms with Crippen LogP contribution in [0.4, 0.5) is 13.2 Å². The normalized spacial score (nSPS) is 19.2. The zero-order chi connectivity index (χ0) is 14.8. The van der Waals surface area contributed by atoms with Crippen LogP contribution in [0.25, 0.3) is 5.73 Å². The smallest absolute Gasteiger partial charge is 0.416 e. The molecule has 4 nitrogen and oxygen atoms in total. The van der Waals surface area contributed by atoms with E-state index < -0.39 is 11.7 Å². The first-order valence-electron chi connectivity index (χ1n) is 6.16. The van der Waals surface area contributed by atoms with Crippen LogP contribution < -0.4 is 4.74 Å². The molecule has 7 heteroatoms. The summed E-state index contributed by atoms with van der Waals surface area (Å²) in [5.41, 5.74) is 6.24. The van der Waals surface area contributed by atoms with E-state index in [9.17, 15) is 18.0 Å². The number of halogens is 3. The standard InChI is InChI=1S/C13H14F3N2O2/c14-13(15,16)9-2-1-3-10(6-9)20-11-4-5-18(8-11)12(19)7-17/h1-3,6,11,17H,4-5,7-8H2/q-1. The molecule has 0 spiro atoms. The number of amides is 1. The molecule has 110 valence electrons. The van der Waals surface area contributed by atoms with Crippen molar-refractivity contribution in [2.75, 3.05) is 19.6 Å². The Morgan fingerprint density at radius 2 is 2.20 bits per heavy atom. The lowest BCUT2D eigenvalue weighted by Gasteiger charge is -2.18. The van der Waals surface area contributed by atoms with Gasteiger partial charge in [0, 0.05) is 13.0 Å². The molecule has 1 aromatic rings. The van der Waals surface area contributed by atoms with E-state index in [0.717, 1.165) is 12.1 Å². The number of rotatable bonds is 3. The van der Waals surface area contributed by atoms with Crippen LogP contribution in [0.15, 0.2) is 24.3 Å². The van der Waals surface area contributed by atoms with Crippen molar-refractivity contribution in [2.24, 2.45) is 0 Å². The highest BCUT2D eigenvalue weighted by Gasteiger charge is 2.31. The van der Waals surface area contributed by atoms with Gasteiger partial charge in [0.1, 0.15) is 11.9 Å². The summed E-state index contributed by atoms with van der Waals surface area (Å²) in [6, 6.07) is 4.69. The van der Waals surface area contributed by atoms with Crippen molar-refractivity contribution in [1.29, 1.82) is 0 Å². The highest BCUT2D eigenvalue weighted by Crippen LogP contribution is 2.31. The van der Waals surface area contributed by atoms with E-state index >= 15 is 0 Å². The Kier molecular flexibility index (Phi) is 4.17. The van der Waals surface area contributed by atoms with E-state index in [4.69, 9.17) is 10.5 Å². The van der Waals surface area contributed by atoms with Crippen LogP contribution in [-0.4, -0.2) is 36.5 Å². The molecule has 20 heavy (non-hydrogen) atoms. The molecule has 0 aromatic heterocycles. The summed E-state index contributed by atoms with van der Waals surface area (Å²) in [5, 5.41) is 0. The zero-order valence-corrected chi connectivity index (χ0v) is 10.6. The number of nitrogens with one attached hydrogen (secondary N) is 1. The van der Waals surface area contributed by atoms with Gasteiger partial charge in [0.05, 0.1) is 12.1 Å². The summed E-state index contributed by atoms with van der Waals surface area (Å²) < 4.78 is 43.2. The average molecular weight is 287 g/mol. The maximum atomic E-state index is 12.6. The largest absolute Gasteiger partial charge is 0.670 e. The van der Waals surface area contributed by atoms with E-state index in [1.165, 1.54) is 17.0 Å². The van der Waals surface area contributed by atoms with E-state index in [0.29, 0.717) is 19.5 Å². The fourth-order valence-electron chi connectivity index (χ4n) is 2.10. The second-order valence-corrected chi connectivity index (χ2v) is 4.57. The lowest BCUT2D eigenvalue weighted by Crippen LogP contribution is -2.32. The summed E-state index contributed by atoms with van der Waals surface area (Å²) >= 11 is 0. The van der Waals surface area contributed by atoms with E-state index in [-0.39, 0.29) is 24.3 Å². The van der Waals surface area contributed by atoms with Crippen molar-refractivity contribution in [1.82, 2.24) is 4.90 Å². The number of likely N-dealkylation sites (tertiary alicyclic amines) is 1. The minimum absolute atomic E-state index is 0.144. The fraction of sp³-hybridized carbons (Fsp3) is 0.462. The SMILES string of the molecule is [NH-]CC(=O)N1CCC(Oc2cccc(C(F)(F)F)c2)C1. The molecular weight excluding hydrogens is 273 g/mol. The van der Waals surface area contributed by atoms with Crippen molar-refractivity contribution in [2.45, 2.75) is 18.7 Å². The van der Waals surface area contributed by atoms with E-state index in [1.807, 2.05) is 0 Å². The number of carbonyl (C=O) groups is 1. The number of hydrogen-bond acceptors (Lipinski definition) is 2. The van der Waals surface area contributed by atoms with Gasteiger partial charge in [0.15, 0.2) is 0 Å². The summed E-state index contributed by atoms with van der Waals surface area (Å²) in [7, 11) is 0. The molecule has 1 atom stereocenters. The summed E-state index contributed by atoms with van der Waals surface area (Å²) in [5.74, 6) is -0.148.